The first-order valence-electron chi connectivity index (χ1n) is 7.59. The molecule has 21 heavy (non-hydrogen) atoms. The Morgan fingerprint density at radius 3 is 2.76 bits per heavy atom. The van der Waals surface area contributed by atoms with Gasteiger partial charge >= 0.3 is 0 Å². The third-order valence-electron chi connectivity index (χ3n) is 3.82. The van der Waals surface area contributed by atoms with Crippen LogP contribution in [-0.4, -0.2) is 26.8 Å². The zero-order valence-corrected chi connectivity index (χ0v) is 13.8. The lowest BCUT2D eigenvalue weighted by Crippen LogP contribution is -2.25. The van der Waals surface area contributed by atoms with Crippen LogP contribution < -0.4 is 5.32 Å². The van der Waals surface area contributed by atoms with Crippen LogP contribution in [0.5, 0.6) is 0 Å². The molecule has 0 aliphatic carbocycles. The summed E-state index contributed by atoms with van der Waals surface area (Å²) in [6.07, 6.45) is 2.34. The van der Waals surface area contributed by atoms with E-state index in [0.717, 1.165) is 26.1 Å². The Balaban J connectivity index is 1.97. The van der Waals surface area contributed by atoms with Gasteiger partial charge in [-0.15, -0.1) is 11.3 Å². The van der Waals surface area contributed by atoms with E-state index in [1.807, 2.05) is 11.3 Å². The average molecular weight is 303 g/mol. The van der Waals surface area contributed by atoms with Gasteiger partial charge in [0.25, 0.3) is 0 Å². The first kappa shape index (κ1) is 16.2. The first-order valence-corrected chi connectivity index (χ1v) is 8.46. The Labute approximate surface area is 132 Å². The summed E-state index contributed by atoms with van der Waals surface area (Å²) in [5.74, 6) is 0.560. The summed E-state index contributed by atoms with van der Waals surface area (Å²) in [5.41, 5.74) is 2.86. The van der Waals surface area contributed by atoms with Crippen LogP contribution in [0.2, 0.25) is 0 Å². The standard InChI is InChI=1S/C18H25NOS/c1-15-6-3-4-8-18(15)16(14-19-11-12-20-2)9-10-17-7-5-13-21-17/h3-8,13,16,19H,9-12,14H2,1-2H3. The number of rotatable bonds is 9. The van der Waals surface area contributed by atoms with Crippen LogP contribution in [0.15, 0.2) is 41.8 Å². The maximum atomic E-state index is 5.11. The Hall–Kier alpha value is -1.16. The molecule has 0 saturated heterocycles. The highest BCUT2D eigenvalue weighted by Crippen LogP contribution is 2.25. The van der Waals surface area contributed by atoms with E-state index in [0.29, 0.717) is 5.92 Å². The van der Waals surface area contributed by atoms with Crippen LogP contribution >= 0.6 is 11.3 Å². The lowest BCUT2D eigenvalue weighted by Gasteiger charge is -2.20. The van der Waals surface area contributed by atoms with Crippen molar-refractivity contribution < 1.29 is 4.74 Å². The van der Waals surface area contributed by atoms with E-state index in [1.165, 1.54) is 22.4 Å². The second kappa shape index (κ2) is 8.98. The van der Waals surface area contributed by atoms with Crippen molar-refractivity contribution in [3.05, 3.63) is 57.8 Å². The van der Waals surface area contributed by atoms with Crippen molar-refractivity contribution in [2.75, 3.05) is 26.8 Å². The molecule has 0 amide bonds. The van der Waals surface area contributed by atoms with E-state index in [4.69, 9.17) is 4.74 Å². The number of aryl methyl sites for hydroxylation is 2. The highest BCUT2D eigenvalue weighted by Gasteiger charge is 2.13. The van der Waals surface area contributed by atoms with E-state index in [2.05, 4.69) is 54.0 Å². The fourth-order valence-corrected chi connectivity index (χ4v) is 3.36. The quantitative estimate of drug-likeness (QED) is 0.707. The number of methoxy groups -OCH3 is 1. The molecule has 114 valence electrons. The van der Waals surface area contributed by atoms with E-state index in [9.17, 15) is 0 Å². The van der Waals surface area contributed by atoms with Gasteiger partial charge in [-0.3, -0.25) is 0 Å². The molecule has 0 radical (unpaired) electrons. The van der Waals surface area contributed by atoms with E-state index < -0.39 is 0 Å². The average Bonchev–Trinajstić information content (AvgIpc) is 3.01. The second-order valence-corrected chi connectivity index (χ2v) is 6.40. The molecule has 1 heterocycles. The normalized spacial score (nSPS) is 12.5. The molecular weight excluding hydrogens is 278 g/mol. The largest absolute Gasteiger partial charge is 0.383 e. The third kappa shape index (κ3) is 5.27. The molecule has 0 fully saturated rings. The molecule has 2 nitrogen and oxygen atoms in total. The number of ether oxygens (including phenoxy) is 1. The summed E-state index contributed by atoms with van der Waals surface area (Å²) < 4.78 is 5.11. The van der Waals surface area contributed by atoms with Crippen molar-refractivity contribution in [3.63, 3.8) is 0 Å². The lowest BCUT2D eigenvalue weighted by atomic mass is 9.90. The van der Waals surface area contributed by atoms with Crippen molar-refractivity contribution in [1.29, 1.82) is 0 Å². The number of thiophene rings is 1. The van der Waals surface area contributed by atoms with Gasteiger partial charge in [0, 0.05) is 25.1 Å². The molecular formula is C18H25NOS. The topological polar surface area (TPSA) is 21.3 Å². The van der Waals surface area contributed by atoms with E-state index in [1.54, 1.807) is 7.11 Å². The Bertz CT molecular complexity index is 510. The molecule has 2 rings (SSSR count). The molecule has 0 bridgehead atoms. The van der Waals surface area contributed by atoms with Gasteiger partial charge in [0.15, 0.2) is 0 Å². The maximum Gasteiger partial charge on any atom is 0.0587 e. The molecule has 3 heteroatoms. The van der Waals surface area contributed by atoms with Gasteiger partial charge in [-0.1, -0.05) is 30.3 Å². The summed E-state index contributed by atoms with van der Waals surface area (Å²) in [6.45, 7) is 4.91. The summed E-state index contributed by atoms with van der Waals surface area (Å²) in [4.78, 5) is 1.48. The zero-order chi connectivity index (χ0) is 14.9. The molecule has 1 aromatic heterocycles. The summed E-state index contributed by atoms with van der Waals surface area (Å²) >= 11 is 1.86. The molecule has 1 N–H and O–H groups in total. The smallest absolute Gasteiger partial charge is 0.0587 e. The van der Waals surface area contributed by atoms with Crippen LogP contribution in [0.3, 0.4) is 0 Å². The number of nitrogens with one attached hydrogen (secondary N) is 1. The molecule has 0 spiro atoms. The maximum absolute atomic E-state index is 5.11. The molecule has 1 unspecified atom stereocenters. The summed E-state index contributed by atoms with van der Waals surface area (Å²) in [7, 11) is 1.75. The zero-order valence-electron chi connectivity index (χ0n) is 13.0. The van der Waals surface area contributed by atoms with Gasteiger partial charge in [-0.25, -0.2) is 0 Å². The highest BCUT2D eigenvalue weighted by molar-refractivity contribution is 7.09. The predicted molar refractivity (Wildman–Crippen MR) is 91.3 cm³/mol. The van der Waals surface area contributed by atoms with Crippen molar-refractivity contribution in [2.24, 2.45) is 0 Å². The van der Waals surface area contributed by atoms with Crippen LogP contribution in [0.4, 0.5) is 0 Å². The van der Waals surface area contributed by atoms with Gasteiger partial charge < -0.3 is 10.1 Å². The van der Waals surface area contributed by atoms with Gasteiger partial charge in [0.05, 0.1) is 6.61 Å². The van der Waals surface area contributed by atoms with Gasteiger partial charge in [0.1, 0.15) is 0 Å². The van der Waals surface area contributed by atoms with Gasteiger partial charge in [-0.05, 0) is 48.3 Å². The lowest BCUT2D eigenvalue weighted by molar-refractivity contribution is 0.199. The Kier molecular flexibility index (Phi) is 6.93. The molecule has 1 atom stereocenters. The minimum absolute atomic E-state index is 0.560. The van der Waals surface area contributed by atoms with Crippen LogP contribution in [0.25, 0.3) is 0 Å². The Morgan fingerprint density at radius 1 is 1.19 bits per heavy atom. The van der Waals surface area contributed by atoms with Gasteiger partial charge in [0.2, 0.25) is 0 Å². The molecule has 1 aromatic carbocycles. The fourth-order valence-electron chi connectivity index (χ4n) is 2.63. The minimum Gasteiger partial charge on any atom is -0.383 e. The van der Waals surface area contributed by atoms with Crippen molar-refractivity contribution in [1.82, 2.24) is 5.32 Å². The van der Waals surface area contributed by atoms with Crippen LogP contribution in [0, 0.1) is 6.92 Å². The van der Waals surface area contributed by atoms with Crippen molar-refractivity contribution in [3.8, 4) is 0 Å². The van der Waals surface area contributed by atoms with Crippen molar-refractivity contribution in [2.45, 2.75) is 25.7 Å². The molecule has 0 aliphatic heterocycles. The Morgan fingerprint density at radius 2 is 2.05 bits per heavy atom. The minimum atomic E-state index is 0.560. The number of benzene rings is 1. The van der Waals surface area contributed by atoms with E-state index >= 15 is 0 Å². The molecule has 2 aromatic rings. The monoisotopic (exact) mass is 303 g/mol. The van der Waals surface area contributed by atoms with E-state index in [-0.39, 0.29) is 0 Å². The molecule has 0 saturated carbocycles. The van der Waals surface area contributed by atoms with Gasteiger partial charge in [-0.2, -0.15) is 0 Å². The van der Waals surface area contributed by atoms with Crippen LogP contribution in [0.1, 0.15) is 28.3 Å². The summed E-state index contributed by atoms with van der Waals surface area (Å²) in [5, 5.41) is 5.68. The predicted octanol–water partition coefficient (Wildman–Crippen LogP) is 4.01. The fraction of sp³-hybridized carbons (Fsp3) is 0.444. The number of hydrogen-bond donors (Lipinski definition) is 1. The van der Waals surface area contributed by atoms with Crippen LogP contribution in [-0.2, 0) is 11.2 Å². The van der Waals surface area contributed by atoms with Crippen molar-refractivity contribution >= 4 is 11.3 Å². The highest BCUT2D eigenvalue weighted by atomic mass is 32.1. The third-order valence-corrected chi connectivity index (χ3v) is 4.76. The number of hydrogen-bond acceptors (Lipinski definition) is 3. The molecule has 0 aliphatic rings. The first-order chi connectivity index (χ1) is 10.3. The summed E-state index contributed by atoms with van der Waals surface area (Å²) in [6, 6.07) is 13.1. The SMILES string of the molecule is COCCNCC(CCc1cccs1)c1ccccc1C. The second-order valence-electron chi connectivity index (χ2n) is 5.37.